The number of nitrogens with zero attached hydrogens (tertiary/aromatic N) is 1. The van der Waals surface area contributed by atoms with Crippen LogP contribution in [0.25, 0.3) is 0 Å². The van der Waals surface area contributed by atoms with Crippen molar-refractivity contribution in [1.29, 1.82) is 0 Å². The van der Waals surface area contributed by atoms with Gasteiger partial charge in [0, 0.05) is 13.1 Å². The van der Waals surface area contributed by atoms with E-state index in [1.165, 1.54) is 6.07 Å². The summed E-state index contributed by atoms with van der Waals surface area (Å²) in [6, 6.07) is 12.5. The molecule has 2 heterocycles. The molecule has 27 heavy (non-hydrogen) atoms. The normalized spacial score (nSPS) is 25.9. The minimum absolute atomic E-state index is 0.0115. The second-order valence-electron chi connectivity index (χ2n) is 6.56. The van der Waals surface area contributed by atoms with Crippen LogP contribution >= 0.6 is 11.3 Å². The fourth-order valence-electron chi connectivity index (χ4n) is 3.35. The van der Waals surface area contributed by atoms with Gasteiger partial charge >= 0.3 is 0 Å². The SMILES string of the molecule is CN(Cc1ccccc1)C1C(CNS(=O)(=O)c2cccs2)OC(CO)C1O. The summed E-state index contributed by atoms with van der Waals surface area (Å²) in [5, 5.41) is 21.8. The zero-order valence-corrected chi connectivity index (χ0v) is 16.6. The Balaban J connectivity index is 1.71. The minimum Gasteiger partial charge on any atom is -0.394 e. The third-order valence-electron chi connectivity index (χ3n) is 4.66. The van der Waals surface area contributed by atoms with E-state index in [0.29, 0.717) is 6.54 Å². The lowest BCUT2D eigenvalue weighted by molar-refractivity contribution is -0.0201. The molecular weight excluding hydrogens is 388 g/mol. The highest BCUT2D eigenvalue weighted by Crippen LogP contribution is 2.26. The first-order chi connectivity index (χ1) is 12.9. The maximum absolute atomic E-state index is 12.4. The molecule has 1 aromatic heterocycles. The van der Waals surface area contributed by atoms with Crippen LogP contribution in [0.2, 0.25) is 0 Å². The van der Waals surface area contributed by atoms with Crippen molar-refractivity contribution in [2.75, 3.05) is 20.2 Å². The average Bonchev–Trinajstić information content (AvgIpc) is 3.29. The Labute approximate surface area is 163 Å². The smallest absolute Gasteiger partial charge is 0.250 e. The standard InChI is InChI=1S/C18H24N2O5S2/c1-20(11-13-6-3-2-4-7-13)17-14(25-15(12-21)18(17)22)10-19-27(23,24)16-8-5-9-26-16/h2-9,14-15,17-19,21-22H,10-12H2,1H3. The van der Waals surface area contributed by atoms with Crippen molar-refractivity contribution in [3.05, 3.63) is 53.4 Å². The van der Waals surface area contributed by atoms with Gasteiger partial charge in [-0.05, 0) is 24.1 Å². The Morgan fingerprint density at radius 3 is 2.56 bits per heavy atom. The first-order valence-electron chi connectivity index (χ1n) is 8.64. The molecule has 1 aromatic carbocycles. The molecule has 4 atom stereocenters. The van der Waals surface area contributed by atoms with E-state index < -0.39 is 34.4 Å². The van der Waals surface area contributed by atoms with Crippen LogP contribution in [0.5, 0.6) is 0 Å². The molecule has 148 valence electrons. The molecule has 3 rings (SSSR count). The Morgan fingerprint density at radius 2 is 1.93 bits per heavy atom. The topological polar surface area (TPSA) is 99.1 Å². The van der Waals surface area contributed by atoms with Crippen LogP contribution in [0.15, 0.2) is 52.1 Å². The van der Waals surface area contributed by atoms with Crippen molar-refractivity contribution in [2.24, 2.45) is 0 Å². The van der Waals surface area contributed by atoms with E-state index in [9.17, 15) is 18.6 Å². The molecule has 1 fully saturated rings. The van der Waals surface area contributed by atoms with Crippen LogP contribution in [-0.4, -0.2) is 68.1 Å². The quantitative estimate of drug-likeness (QED) is 0.589. The number of hydrogen-bond donors (Lipinski definition) is 3. The summed E-state index contributed by atoms with van der Waals surface area (Å²) in [5.41, 5.74) is 1.07. The Morgan fingerprint density at radius 1 is 1.19 bits per heavy atom. The molecule has 0 radical (unpaired) electrons. The largest absolute Gasteiger partial charge is 0.394 e. The maximum Gasteiger partial charge on any atom is 0.250 e. The third kappa shape index (κ3) is 4.75. The first-order valence-corrected chi connectivity index (χ1v) is 11.0. The van der Waals surface area contributed by atoms with Crippen LogP contribution in [0.4, 0.5) is 0 Å². The second-order valence-corrected chi connectivity index (χ2v) is 9.50. The van der Waals surface area contributed by atoms with Crippen LogP contribution < -0.4 is 4.72 Å². The number of aliphatic hydroxyl groups excluding tert-OH is 2. The fraction of sp³-hybridized carbons (Fsp3) is 0.444. The molecule has 7 nitrogen and oxygen atoms in total. The van der Waals surface area contributed by atoms with E-state index >= 15 is 0 Å². The van der Waals surface area contributed by atoms with Gasteiger partial charge in [0.1, 0.15) is 16.4 Å². The summed E-state index contributed by atoms with van der Waals surface area (Å²) in [5.74, 6) is 0. The summed E-state index contributed by atoms with van der Waals surface area (Å²) < 4.78 is 33.3. The van der Waals surface area contributed by atoms with Crippen LogP contribution in [0.3, 0.4) is 0 Å². The lowest BCUT2D eigenvalue weighted by Crippen LogP contribution is -2.49. The van der Waals surface area contributed by atoms with E-state index in [1.807, 2.05) is 42.3 Å². The molecule has 0 aliphatic carbocycles. The maximum atomic E-state index is 12.4. The molecule has 2 aromatic rings. The molecule has 9 heteroatoms. The summed E-state index contributed by atoms with van der Waals surface area (Å²) in [4.78, 5) is 1.93. The zero-order valence-electron chi connectivity index (χ0n) is 14.9. The first kappa shape index (κ1) is 20.4. The van der Waals surface area contributed by atoms with Crippen molar-refractivity contribution in [3.63, 3.8) is 0 Å². The van der Waals surface area contributed by atoms with E-state index in [0.717, 1.165) is 16.9 Å². The highest BCUT2D eigenvalue weighted by molar-refractivity contribution is 7.91. The fourth-order valence-corrected chi connectivity index (χ4v) is 5.43. The van der Waals surface area contributed by atoms with Crippen molar-refractivity contribution in [3.8, 4) is 0 Å². The van der Waals surface area contributed by atoms with Crippen molar-refractivity contribution in [2.45, 2.75) is 35.1 Å². The van der Waals surface area contributed by atoms with Gasteiger partial charge in [-0.1, -0.05) is 36.4 Å². The number of aliphatic hydroxyl groups is 2. The van der Waals surface area contributed by atoms with Gasteiger partial charge in [0.05, 0.1) is 18.8 Å². The predicted molar refractivity (Wildman–Crippen MR) is 103 cm³/mol. The number of ether oxygens (including phenoxy) is 1. The Bertz CT molecular complexity index is 814. The highest BCUT2D eigenvalue weighted by Gasteiger charge is 2.45. The third-order valence-corrected chi connectivity index (χ3v) is 7.48. The lowest BCUT2D eigenvalue weighted by Gasteiger charge is -2.30. The Hall–Kier alpha value is -1.33. The van der Waals surface area contributed by atoms with Gasteiger partial charge in [0.2, 0.25) is 10.0 Å². The summed E-state index contributed by atoms with van der Waals surface area (Å²) >= 11 is 1.14. The number of hydrogen-bond acceptors (Lipinski definition) is 7. The number of sulfonamides is 1. The van der Waals surface area contributed by atoms with E-state index in [4.69, 9.17) is 4.74 Å². The van der Waals surface area contributed by atoms with Crippen molar-refractivity contribution >= 4 is 21.4 Å². The second kappa shape index (κ2) is 8.78. The number of nitrogens with one attached hydrogen (secondary N) is 1. The number of thiophene rings is 1. The van der Waals surface area contributed by atoms with Gasteiger partial charge in [-0.2, -0.15) is 0 Å². The highest BCUT2D eigenvalue weighted by atomic mass is 32.2. The Kier molecular flexibility index (Phi) is 6.64. The van der Waals surface area contributed by atoms with Gasteiger partial charge < -0.3 is 14.9 Å². The van der Waals surface area contributed by atoms with E-state index in [2.05, 4.69) is 4.72 Å². The number of likely N-dealkylation sites (N-methyl/N-ethyl adjacent to an activating group) is 1. The van der Waals surface area contributed by atoms with Gasteiger partial charge in [-0.25, -0.2) is 13.1 Å². The number of rotatable bonds is 8. The summed E-state index contributed by atoms with van der Waals surface area (Å²) in [6.07, 6.45) is -2.25. The molecule has 1 saturated heterocycles. The molecule has 1 aliphatic heterocycles. The number of benzene rings is 1. The summed E-state index contributed by atoms with van der Waals surface area (Å²) in [7, 11) is -1.78. The van der Waals surface area contributed by atoms with Gasteiger partial charge in [-0.15, -0.1) is 11.3 Å². The van der Waals surface area contributed by atoms with Gasteiger partial charge in [0.25, 0.3) is 0 Å². The molecule has 0 bridgehead atoms. The van der Waals surface area contributed by atoms with Crippen LogP contribution in [-0.2, 0) is 21.3 Å². The lowest BCUT2D eigenvalue weighted by atomic mass is 10.0. The van der Waals surface area contributed by atoms with Crippen LogP contribution in [0, 0.1) is 0 Å². The molecule has 1 aliphatic rings. The monoisotopic (exact) mass is 412 g/mol. The van der Waals surface area contributed by atoms with E-state index in [-0.39, 0.29) is 17.4 Å². The van der Waals surface area contributed by atoms with Crippen molar-refractivity contribution < 1.29 is 23.4 Å². The van der Waals surface area contributed by atoms with Gasteiger partial charge in [0.15, 0.2) is 0 Å². The molecule has 0 amide bonds. The molecule has 4 unspecified atom stereocenters. The molecule has 0 spiro atoms. The predicted octanol–water partition coefficient (Wildman–Crippen LogP) is 0.648. The molecular formula is C18H24N2O5S2. The minimum atomic E-state index is -3.63. The molecule has 0 saturated carbocycles. The van der Waals surface area contributed by atoms with Crippen molar-refractivity contribution in [1.82, 2.24) is 9.62 Å². The zero-order chi connectivity index (χ0) is 19.4. The summed E-state index contributed by atoms with van der Waals surface area (Å²) in [6.45, 7) is 0.251. The van der Waals surface area contributed by atoms with E-state index in [1.54, 1.807) is 11.4 Å². The van der Waals surface area contributed by atoms with Crippen LogP contribution in [0.1, 0.15) is 5.56 Å². The average molecular weight is 413 g/mol. The molecule has 3 N–H and O–H groups in total. The van der Waals surface area contributed by atoms with Gasteiger partial charge in [-0.3, -0.25) is 4.90 Å².